The summed E-state index contributed by atoms with van der Waals surface area (Å²) in [6.45, 7) is 0. The number of halogens is 2. The molecular weight excluding hydrogens is 325 g/mol. The normalized spacial score (nSPS) is 17.1. The summed E-state index contributed by atoms with van der Waals surface area (Å²) in [5, 5.41) is 5.01. The fraction of sp³-hybridized carbons (Fsp3) is 0.200. The number of benzene rings is 2. The van der Waals surface area contributed by atoms with E-state index >= 15 is 0 Å². The molecule has 4 rings (SSSR count). The van der Waals surface area contributed by atoms with Gasteiger partial charge in [-0.05, 0) is 48.2 Å². The van der Waals surface area contributed by atoms with Gasteiger partial charge in [-0.25, -0.2) is 0 Å². The van der Waals surface area contributed by atoms with Crippen molar-refractivity contribution in [3.05, 3.63) is 51.5 Å². The van der Waals surface area contributed by atoms with Gasteiger partial charge in [0.1, 0.15) is 11.0 Å². The monoisotopic (exact) mass is 335 g/mol. The smallest absolute Gasteiger partial charge is 0.129 e. The predicted octanol–water partition coefficient (Wildman–Crippen LogP) is 4.58. The summed E-state index contributed by atoms with van der Waals surface area (Å²) in [4.78, 5) is 0. The fourth-order valence-electron chi connectivity index (χ4n) is 2.86. The van der Waals surface area contributed by atoms with E-state index in [1.54, 1.807) is 0 Å². The summed E-state index contributed by atoms with van der Waals surface area (Å²) in [6.07, 6.45) is 1.91. The van der Waals surface area contributed by atoms with Gasteiger partial charge in [-0.1, -0.05) is 29.3 Å². The third-order valence-electron chi connectivity index (χ3n) is 3.83. The number of hydrogen-bond acceptors (Lipinski definition) is 4. The molecule has 0 amide bonds. The Morgan fingerprint density at radius 1 is 1.05 bits per heavy atom. The first-order valence-electron chi connectivity index (χ1n) is 6.65. The zero-order chi connectivity index (χ0) is 14.4. The summed E-state index contributed by atoms with van der Waals surface area (Å²) in [6, 6.07) is 10.2. The van der Waals surface area contributed by atoms with Crippen molar-refractivity contribution in [3.63, 3.8) is 0 Å². The zero-order valence-electron chi connectivity index (χ0n) is 10.9. The number of anilines is 1. The number of nitrogens with zero attached hydrogens (tertiary/aromatic N) is 2. The van der Waals surface area contributed by atoms with Gasteiger partial charge in [0.2, 0.25) is 0 Å². The van der Waals surface area contributed by atoms with E-state index in [1.165, 1.54) is 22.9 Å². The average molecular weight is 336 g/mol. The van der Waals surface area contributed by atoms with E-state index in [2.05, 4.69) is 20.1 Å². The van der Waals surface area contributed by atoms with Crippen LogP contribution in [0.2, 0.25) is 10.0 Å². The molecule has 6 heteroatoms. The van der Waals surface area contributed by atoms with Gasteiger partial charge >= 0.3 is 0 Å². The Kier molecular flexibility index (Phi) is 3.25. The first kappa shape index (κ1) is 13.3. The van der Waals surface area contributed by atoms with E-state index < -0.39 is 0 Å². The molecule has 106 valence electrons. The Labute approximate surface area is 136 Å². The lowest BCUT2D eigenvalue weighted by Crippen LogP contribution is -2.19. The highest BCUT2D eigenvalue weighted by molar-refractivity contribution is 7.00. The van der Waals surface area contributed by atoms with Crippen molar-refractivity contribution in [1.82, 2.24) is 8.75 Å². The number of hydrogen-bond donors (Lipinski definition) is 1. The third-order valence-corrected chi connectivity index (χ3v) is 4.92. The average Bonchev–Trinajstić information content (AvgIpc) is 3.07. The minimum Gasteiger partial charge on any atom is -0.379 e. The highest BCUT2D eigenvalue weighted by Crippen LogP contribution is 2.33. The van der Waals surface area contributed by atoms with Gasteiger partial charge < -0.3 is 5.32 Å². The minimum atomic E-state index is 0.309. The fourth-order valence-corrected chi connectivity index (χ4v) is 3.80. The Morgan fingerprint density at radius 2 is 1.90 bits per heavy atom. The lowest BCUT2D eigenvalue weighted by molar-refractivity contribution is 0.775. The van der Waals surface area contributed by atoms with Gasteiger partial charge in [-0.2, -0.15) is 8.75 Å². The van der Waals surface area contributed by atoms with Crippen LogP contribution in [-0.2, 0) is 12.8 Å². The van der Waals surface area contributed by atoms with Gasteiger partial charge in [0.15, 0.2) is 0 Å². The molecule has 2 aromatic carbocycles. The largest absolute Gasteiger partial charge is 0.379 e. The molecular formula is C15H11Cl2N3S. The highest BCUT2D eigenvalue weighted by atomic mass is 35.5. The SMILES string of the molecule is Clc1ccc2c(c1)CC(Nc1c(Cl)ccc3nsnc13)C2. The van der Waals surface area contributed by atoms with E-state index in [0.29, 0.717) is 11.1 Å². The van der Waals surface area contributed by atoms with Crippen LogP contribution in [0.3, 0.4) is 0 Å². The molecule has 0 saturated heterocycles. The molecule has 0 bridgehead atoms. The second kappa shape index (κ2) is 5.13. The molecule has 0 radical (unpaired) electrons. The van der Waals surface area contributed by atoms with Crippen molar-refractivity contribution in [2.24, 2.45) is 0 Å². The first-order chi connectivity index (χ1) is 10.2. The molecule has 0 aliphatic heterocycles. The second-order valence-electron chi connectivity index (χ2n) is 5.22. The maximum absolute atomic E-state index is 6.33. The van der Waals surface area contributed by atoms with Crippen LogP contribution in [0.1, 0.15) is 11.1 Å². The zero-order valence-corrected chi connectivity index (χ0v) is 13.3. The summed E-state index contributed by atoms with van der Waals surface area (Å²) in [5.41, 5.74) is 5.26. The summed E-state index contributed by atoms with van der Waals surface area (Å²) < 4.78 is 8.61. The van der Waals surface area contributed by atoms with Crippen LogP contribution >= 0.6 is 34.9 Å². The van der Waals surface area contributed by atoms with Crippen LogP contribution in [0.5, 0.6) is 0 Å². The third kappa shape index (κ3) is 2.37. The molecule has 21 heavy (non-hydrogen) atoms. The summed E-state index contributed by atoms with van der Waals surface area (Å²) in [7, 11) is 0. The number of fused-ring (bicyclic) bond motifs is 2. The van der Waals surface area contributed by atoms with Gasteiger partial charge in [0.05, 0.1) is 22.4 Å². The van der Waals surface area contributed by atoms with Crippen molar-refractivity contribution in [1.29, 1.82) is 0 Å². The van der Waals surface area contributed by atoms with Crippen LogP contribution in [0.25, 0.3) is 11.0 Å². The molecule has 1 atom stereocenters. The molecule has 0 spiro atoms. The standard InChI is InChI=1S/C15H11Cl2N3S/c16-10-2-1-8-6-11(7-9(8)5-10)18-14-12(17)3-4-13-15(14)20-21-19-13/h1-5,11,18H,6-7H2. The van der Waals surface area contributed by atoms with Crippen molar-refractivity contribution in [3.8, 4) is 0 Å². The minimum absolute atomic E-state index is 0.309. The molecule has 0 fully saturated rings. The molecule has 1 aliphatic carbocycles. The van der Waals surface area contributed by atoms with Crippen LogP contribution in [0.15, 0.2) is 30.3 Å². The second-order valence-corrected chi connectivity index (χ2v) is 6.59. The van der Waals surface area contributed by atoms with Crippen LogP contribution in [0.4, 0.5) is 5.69 Å². The van der Waals surface area contributed by atoms with Crippen LogP contribution < -0.4 is 5.32 Å². The topological polar surface area (TPSA) is 37.8 Å². The summed E-state index contributed by atoms with van der Waals surface area (Å²) in [5.74, 6) is 0. The molecule has 1 unspecified atom stereocenters. The van der Waals surface area contributed by atoms with Crippen molar-refractivity contribution >= 4 is 51.7 Å². The van der Waals surface area contributed by atoms with Gasteiger partial charge in [0, 0.05) is 11.1 Å². The van der Waals surface area contributed by atoms with E-state index in [0.717, 1.165) is 34.6 Å². The number of nitrogens with one attached hydrogen (secondary N) is 1. The molecule has 1 aliphatic rings. The molecule has 1 N–H and O–H groups in total. The number of rotatable bonds is 2. The quantitative estimate of drug-likeness (QED) is 0.744. The van der Waals surface area contributed by atoms with Crippen LogP contribution in [0, 0.1) is 0 Å². The van der Waals surface area contributed by atoms with Crippen molar-refractivity contribution in [2.75, 3.05) is 5.32 Å². The molecule has 1 heterocycles. The Morgan fingerprint density at radius 3 is 2.81 bits per heavy atom. The number of aromatic nitrogens is 2. The summed E-state index contributed by atoms with van der Waals surface area (Å²) >= 11 is 13.6. The molecule has 0 saturated carbocycles. The molecule has 3 nitrogen and oxygen atoms in total. The van der Waals surface area contributed by atoms with E-state index in [-0.39, 0.29) is 0 Å². The van der Waals surface area contributed by atoms with Crippen molar-refractivity contribution in [2.45, 2.75) is 18.9 Å². The van der Waals surface area contributed by atoms with E-state index in [1.807, 2.05) is 24.3 Å². The maximum atomic E-state index is 6.33. The maximum Gasteiger partial charge on any atom is 0.129 e. The Bertz CT molecular complexity index is 831. The molecule has 3 aromatic rings. The van der Waals surface area contributed by atoms with Gasteiger partial charge in [-0.3, -0.25) is 0 Å². The van der Waals surface area contributed by atoms with Crippen LogP contribution in [-0.4, -0.2) is 14.8 Å². The van der Waals surface area contributed by atoms with E-state index in [9.17, 15) is 0 Å². The van der Waals surface area contributed by atoms with Gasteiger partial charge in [0.25, 0.3) is 0 Å². The predicted molar refractivity (Wildman–Crippen MR) is 88.7 cm³/mol. The Balaban J connectivity index is 1.65. The van der Waals surface area contributed by atoms with Gasteiger partial charge in [-0.15, -0.1) is 0 Å². The highest BCUT2D eigenvalue weighted by Gasteiger charge is 2.23. The lowest BCUT2D eigenvalue weighted by Gasteiger charge is -2.15. The molecule has 1 aromatic heterocycles. The van der Waals surface area contributed by atoms with E-state index in [4.69, 9.17) is 23.2 Å². The lowest BCUT2D eigenvalue weighted by atomic mass is 10.1. The first-order valence-corrected chi connectivity index (χ1v) is 8.14. The van der Waals surface area contributed by atoms with Crippen molar-refractivity contribution < 1.29 is 0 Å². The Hall–Kier alpha value is -1.36.